The number of carboxylic acids is 1. The normalized spacial score (nSPS) is 33.7. The monoisotopic (exact) mass is 438 g/mol. The van der Waals surface area contributed by atoms with Gasteiger partial charge in [-0.25, -0.2) is 0 Å². The number of aliphatic hydroxyl groups excluding tert-OH is 1. The average molecular weight is 439 g/mol. The Kier molecular flexibility index (Phi) is 6.06. The van der Waals surface area contributed by atoms with Gasteiger partial charge in [-0.1, -0.05) is 19.9 Å². The van der Waals surface area contributed by atoms with Crippen LogP contribution in [0.1, 0.15) is 47.5 Å². The predicted octanol–water partition coefficient (Wildman–Crippen LogP) is 1.99. The number of carboxylic acid groups (broad SMARTS) is 1. The van der Waals surface area contributed by atoms with E-state index >= 15 is 0 Å². The molecule has 3 rings (SSSR count). The maximum atomic E-state index is 14.0. The Bertz CT molecular complexity index is 748. The van der Waals surface area contributed by atoms with E-state index in [-0.39, 0.29) is 29.6 Å². The lowest BCUT2D eigenvalue weighted by Crippen LogP contribution is -2.61. The number of likely N-dealkylation sites (tertiary alicyclic amines) is 1. The Balaban J connectivity index is 2.15. The van der Waals surface area contributed by atoms with Crippen LogP contribution in [0.2, 0.25) is 0 Å². The molecule has 2 unspecified atom stereocenters. The first-order chi connectivity index (χ1) is 13.9. The topological polar surface area (TPSA) is 98.2 Å². The summed E-state index contributed by atoms with van der Waals surface area (Å²) in [4.78, 5) is 43.1. The van der Waals surface area contributed by atoms with Crippen LogP contribution in [0.4, 0.5) is 0 Å². The molecule has 6 atom stereocenters. The summed E-state index contributed by atoms with van der Waals surface area (Å²) >= 11 is 1.52. The van der Waals surface area contributed by atoms with Gasteiger partial charge in [0, 0.05) is 17.3 Å². The number of carbonyl (C=O) groups is 3. The highest BCUT2D eigenvalue weighted by Crippen LogP contribution is 2.67. The molecule has 3 saturated heterocycles. The van der Waals surface area contributed by atoms with Crippen LogP contribution in [0.25, 0.3) is 0 Å². The minimum atomic E-state index is -0.968. The van der Waals surface area contributed by atoms with Gasteiger partial charge in [0.15, 0.2) is 0 Å². The summed E-state index contributed by atoms with van der Waals surface area (Å²) in [7, 11) is 0. The van der Waals surface area contributed by atoms with E-state index in [1.807, 2.05) is 34.6 Å². The average Bonchev–Trinajstić information content (AvgIpc) is 3.26. The number of hydrogen-bond acceptors (Lipinski definition) is 5. The Morgan fingerprint density at radius 2 is 2.03 bits per heavy atom. The van der Waals surface area contributed by atoms with Crippen LogP contribution in [0, 0.1) is 17.8 Å². The first-order valence-electron chi connectivity index (χ1n) is 10.7. The lowest BCUT2D eigenvalue weighted by Gasteiger charge is -2.44. The Labute approximate surface area is 182 Å². The fourth-order valence-corrected chi connectivity index (χ4v) is 7.79. The Morgan fingerprint density at radius 3 is 2.50 bits per heavy atom. The van der Waals surface area contributed by atoms with E-state index in [0.29, 0.717) is 19.4 Å². The smallest absolute Gasteiger partial charge is 0.308 e. The van der Waals surface area contributed by atoms with E-state index in [4.69, 9.17) is 0 Å². The third kappa shape index (κ3) is 3.27. The summed E-state index contributed by atoms with van der Waals surface area (Å²) in [6, 6.07) is -1.32. The number of rotatable bonds is 7. The fraction of sp³-hybridized carbons (Fsp3) is 0.773. The van der Waals surface area contributed by atoms with Crippen molar-refractivity contribution < 1.29 is 24.6 Å². The second kappa shape index (κ2) is 7.86. The molecule has 3 aliphatic heterocycles. The molecule has 0 aromatic carbocycles. The van der Waals surface area contributed by atoms with Gasteiger partial charge < -0.3 is 20.0 Å². The highest BCUT2D eigenvalue weighted by atomic mass is 32.2. The van der Waals surface area contributed by atoms with E-state index in [9.17, 15) is 24.6 Å². The number of fused-ring (bicyclic) bond motifs is 1. The molecule has 2 amide bonds. The molecule has 1 spiro atoms. The number of nitrogens with zero attached hydrogens (tertiary/aromatic N) is 2. The van der Waals surface area contributed by atoms with Crippen LogP contribution in [0.5, 0.6) is 0 Å². The Hall–Kier alpha value is -1.54. The second-order valence-corrected chi connectivity index (χ2v) is 11.6. The number of carbonyl (C=O) groups excluding carboxylic acids is 2. The van der Waals surface area contributed by atoms with Crippen molar-refractivity contribution in [2.24, 2.45) is 17.8 Å². The first-order valence-corrected chi connectivity index (χ1v) is 11.6. The summed E-state index contributed by atoms with van der Waals surface area (Å²) in [6.45, 7) is 13.5. The third-order valence-corrected chi connectivity index (χ3v) is 8.91. The van der Waals surface area contributed by atoms with Crippen molar-refractivity contribution in [3.8, 4) is 0 Å². The number of aliphatic carboxylic acids is 1. The van der Waals surface area contributed by atoms with E-state index in [2.05, 4.69) is 6.58 Å². The number of aliphatic hydroxyl groups is 1. The van der Waals surface area contributed by atoms with Crippen molar-refractivity contribution in [3.63, 3.8) is 0 Å². The number of thioether (sulfide) groups is 1. The molecule has 3 aliphatic rings. The molecule has 7 nitrogen and oxygen atoms in total. The molecule has 0 radical (unpaired) electrons. The van der Waals surface area contributed by atoms with Gasteiger partial charge in [0.25, 0.3) is 0 Å². The van der Waals surface area contributed by atoms with E-state index < -0.39 is 40.2 Å². The molecule has 3 fully saturated rings. The molecular weight excluding hydrogens is 404 g/mol. The third-order valence-electron chi connectivity index (χ3n) is 6.96. The molecule has 168 valence electrons. The lowest BCUT2D eigenvalue weighted by molar-refractivity contribution is -0.151. The minimum Gasteiger partial charge on any atom is -0.481 e. The van der Waals surface area contributed by atoms with E-state index in [1.165, 1.54) is 11.8 Å². The number of hydrogen-bond donors (Lipinski definition) is 2. The van der Waals surface area contributed by atoms with Crippen molar-refractivity contribution in [1.29, 1.82) is 0 Å². The SMILES string of the molecule is C=CCN(C(=O)C1N([C@@H](CO)C(C)C)C(=O)[C@@H]2[C@H](C(=O)O)[C@@H]3CCC12S3)C(C)(C)C. The second-order valence-electron chi connectivity index (χ2n) is 10.0. The largest absolute Gasteiger partial charge is 0.481 e. The minimum absolute atomic E-state index is 0.0718. The summed E-state index contributed by atoms with van der Waals surface area (Å²) in [5, 5.41) is 19.9. The summed E-state index contributed by atoms with van der Waals surface area (Å²) in [5.41, 5.74) is -0.491. The van der Waals surface area contributed by atoms with Gasteiger partial charge in [-0.05, 0) is 39.5 Å². The highest BCUT2D eigenvalue weighted by Gasteiger charge is 2.74. The maximum Gasteiger partial charge on any atom is 0.308 e. The van der Waals surface area contributed by atoms with Crippen LogP contribution in [0.3, 0.4) is 0 Å². The molecule has 0 saturated carbocycles. The summed E-state index contributed by atoms with van der Waals surface area (Å²) in [5.74, 6) is -3.04. The van der Waals surface area contributed by atoms with Gasteiger partial charge in [0.1, 0.15) is 6.04 Å². The predicted molar refractivity (Wildman–Crippen MR) is 116 cm³/mol. The van der Waals surface area contributed by atoms with E-state index in [0.717, 1.165) is 0 Å². The molecule has 8 heteroatoms. The summed E-state index contributed by atoms with van der Waals surface area (Å²) in [6.07, 6.45) is 2.99. The van der Waals surface area contributed by atoms with Gasteiger partial charge >= 0.3 is 5.97 Å². The zero-order valence-corrected chi connectivity index (χ0v) is 19.3. The molecule has 3 heterocycles. The summed E-state index contributed by atoms with van der Waals surface area (Å²) < 4.78 is -0.755. The van der Waals surface area contributed by atoms with E-state index in [1.54, 1.807) is 15.9 Å². The van der Waals surface area contributed by atoms with Crippen LogP contribution < -0.4 is 0 Å². The zero-order valence-electron chi connectivity index (χ0n) is 18.5. The van der Waals surface area contributed by atoms with Crippen molar-refractivity contribution in [1.82, 2.24) is 9.80 Å². The van der Waals surface area contributed by atoms with Crippen molar-refractivity contribution in [3.05, 3.63) is 12.7 Å². The molecule has 0 aromatic heterocycles. The molecule has 2 N–H and O–H groups in total. The Morgan fingerprint density at radius 1 is 1.40 bits per heavy atom. The quantitative estimate of drug-likeness (QED) is 0.590. The van der Waals surface area contributed by atoms with Gasteiger partial charge in [-0.2, -0.15) is 0 Å². The van der Waals surface area contributed by atoms with Gasteiger partial charge in [0.2, 0.25) is 11.8 Å². The van der Waals surface area contributed by atoms with Crippen LogP contribution >= 0.6 is 11.8 Å². The first kappa shape index (κ1) is 23.1. The van der Waals surface area contributed by atoms with Gasteiger partial charge in [0.05, 0.1) is 29.2 Å². The van der Waals surface area contributed by atoms with Crippen LogP contribution in [0.15, 0.2) is 12.7 Å². The lowest BCUT2D eigenvalue weighted by atomic mass is 9.71. The standard InChI is InChI=1S/C22H34N2O5S/c1-7-10-23(21(4,5)6)19(27)17-22-9-8-14(30-22)15(20(28)29)16(22)18(26)24(17)13(11-25)12(2)3/h7,12-17,25H,1,8-11H2,2-6H3,(H,28,29)/t13-,14-,15+,16-,17?,22?/m0/s1. The molecule has 0 aliphatic carbocycles. The fourth-order valence-electron chi connectivity index (χ4n) is 5.60. The number of amides is 2. The molecule has 2 bridgehead atoms. The van der Waals surface area contributed by atoms with Crippen LogP contribution in [-0.4, -0.2) is 78.6 Å². The van der Waals surface area contributed by atoms with Crippen molar-refractivity contribution in [2.75, 3.05) is 13.2 Å². The van der Waals surface area contributed by atoms with Crippen molar-refractivity contribution >= 4 is 29.5 Å². The maximum absolute atomic E-state index is 14.0. The van der Waals surface area contributed by atoms with Crippen molar-refractivity contribution in [2.45, 2.75) is 75.1 Å². The van der Waals surface area contributed by atoms with Gasteiger partial charge in [-0.3, -0.25) is 14.4 Å². The molecule has 30 heavy (non-hydrogen) atoms. The van der Waals surface area contributed by atoms with Crippen LogP contribution in [-0.2, 0) is 14.4 Å². The molecule has 0 aromatic rings. The highest BCUT2D eigenvalue weighted by molar-refractivity contribution is 8.02. The zero-order chi connectivity index (χ0) is 22.6. The molecular formula is C22H34N2O5S. The van der Waals surface area contributed by atoms with Gasteiger partial charge in [-0.15, -0.1) is 18.3 Å².